The van der Waals surface area contributed by atoms with Crippen molar-refractivity contribution in [3.63, 3.8) is 0 Å². The van der Waals surface area contributed by atoms with Crippen molar-refractivity contribution in [2.45, 2.75) is 13.5 Å². The average molecular weight is 205 g/mol. The molecule has 15 heavy (non-hydrogen) atoms. The highest BCUT2D eigenvalue weighted by molar-refractivity contribution is 5.47. The van der Waals surface area contributed by atoms with E-state index in [9.17, 15) is 4.39 Å². The van der Waals surface area contributed by atoms with Gasteiger partial charge in [-0.2, -0.15) is 0 Å². The Morgan fingerprint density at radius 3 is 3.07 bits per heavy atom. The van der Waals surface area contributed by atoms with Crippen LogP contribution in [0.3, 0.4) is 0 Å². The predicted molar refractivity (Wildman–Crippen MR) is 57.1 cm³/mol. The third-order valence-corrected chi connectivity index (χ3v) is 2.15. The van der Waals surface area contributed by atoms with Crippen molar-refractivity contribution in [3.05, 3.63) is 47.8 Å². The number of hydrogen-bond acceptors (Lipinski definition) is 2. The van der Waals surface area contributed by atoms with E-state index in [4.69, 9.17) is 0 Å². The molecule has 2 rings (SSSR count). The Labute approximate surface area is 87.4 Å². The van der Waals surface area contributed by atoms with Gasteiger partial charge >= 0.3 is 0 Å². The summed E-state index contributed by atoms with van der Waals surface area (Å²) < 4.78 is 13.3. The largest absolute Gasteiger partial charge is 0.377 e. The molecular weight excluding hydrogens is 193 g/mol. The van der Waals surface area contributed by atoms with Gasteiger partial charge in [0.15, 0.2) is 0 Å². The monoisotopic (exact) mass is 205 g/mol. The number of benzene rings is 1. The number of aromatic nitrogens is 2. The lowest BCUT2D eigenvalue weighted by Gasteiger charge is -2.06. The maximum Gasteiger partial charge on any atom is 0.146 e. The summed E-state index contributed by atoms with van der Waals surface area (Å²) in [4.78, 5) is 6.83. The van der Waals surface area contributed by atoms with Crippen LogP contribution in [-0.4, -0.2) is 9.97 Å². The molecule has 2 N–H and O–H groups in total. The molecular formula is C11H12FN3. The zero-order chi connectivity index (χ0) is 10.7. The number of aromatic amines is 1. The Kier molecular flexibility index (Phi) is 2.67. The van der Waals surface area contributed by atoms with Crippen LogP contribution in [0, 0.1) is 12.7 Å². The second kappa shape index (κ2) is 4.13. The lowest BCUT2D eigenvalue weighted by molar-refractivity contribution is 0.629. The quantitative estimate of drug-likeness (QED) is 0.808. The maximum atomic E-state index is 13.3. The highest BCUT2D eigenvalue weighted by Crippen LogP contribution is 2.16. The van der Waals surface area contributed by atoms with Gasteiger partial charge in [-0.05, 0) is 24.6 Å². The molecule has 0 saturated heterocycles. The summed E-state index contributed by atoms with van der Waals surface area (Å²) in [5.41, 5.74) is 2.48. The number of imidazole rings is 1. The van der Waals surface area contributed by atoms with Crippen molar-refractivity contribution in [1.82, 2.24) is 9.97 Å². The fraction of sp³-hybridized carbons (Fsp3) is 0.182. The molecule has 3 nitrogen and oxygen atoms in total. The van der Waals surface area contributed by atoms with E-state index in [-0.39, 0.29) is 5.82 Å². The number of H-pyrrole nitrogens is 1. The van der Waals surface area contributed by atoms with Gasteiger partial charge in [0, 0.05) is 6.20 Å². The van der Waals surface area contributed by atoms with E-state index in [1.807, 2.05) is 6.92 Å². The topological polar surface area (TPSA) is 40.7 Å². The highest BCUT2D eigenvalue weighted by atomic mass is 19.1. The molecule has 0 aliphatic carbocycles. The summed E-state index contributed by atoms with van der Waals surface area (Å²) in [5.74, 6) is -0.236. The summed E-state index contributed by atoms with van der Waals surface area (Å²) in [6, 6.07) is 4.99. The van der Waals surface area contributed by atoms with Gasteiger partial charge in [-0.15, -0.1) is 0 Å². The molecule has 2 aromatic rings. The zero-order valence-electron chi connectivity index (χ0n) is 8.42. The van der Waals surface area contributed by atoms with E-state index in [1.54, 1.807) is 24.7 Å². The third kappa shape index (κ3) is 2.34. The van der Waals surface area contributed by atoms with Gasteiger partial charge in [0.25, 0.3) is 0 Å². The van der Waals surface area contributed by atoms with Crippen molar-refractivity contribution in [2.24, 2.45) is 0 Å². The smallest absolute Gasteiger partial charge is 0.146 e. The summed E-state index contributed by atoms with van der Waals surface area (Å²) in [6.07, 6.45) is 3.31. The van der Waals surface area contributed by atoms with E-state index in [0.29, 0.717) is 12.2 Å². The van der Waals surface area contributed by atoms with Gasteiger partial charge in [0.05, 0.1) is 24.3 Å². The van der Waals surface area contributed by atoms with Crippen LogP contribution in [0.5, 0.6) is 0 Å². The summed E-state index contributed by atoms with van der Waals surface area (Å²) in [7, 11) is 0. The molecule has 0 aliphatic heterocycles. The predicted octanol–water partition coefficient (Wildman–Crippen LogP) is 2.47. The van der Waals surface area contributed by atoms with Gasteiger partial charge in [-0.25, -0.2) is 9.37 Å². The van der Waals surface area contributed by atoms with Crippen molar-refractivity contribution in [1.29, 1.82) is 0 Å². The summed E-state index contributed by atoms with van der Waals surface area (Å²) in [5, 5.41) is 3.01. The fourth-order valence-corrected chi connectivity index (χ4v) is 1.35. The zero-order valence-corrected chi connectivity index (χ0v) is 8.42. The van der Waals surface area contributed by atoms with Crippen molar-refractivity contribution < 1.29 is 4.39 Å². The molecule has 0 atom stereocenters. The Hall–Kier alpha value is -1.84. The Morgan fingerprint density at radius 1 is 1.47 bits per heavy atom. The minimum Gasteiger partial charge on any atom is -0.377 e. The Bertz CT molecular complexity index is 437. The van der Waals surface area contributed by atoms with E-state index in [0.717, 1.165) is 11.3 Å². The van der Waals surface area contributed by atoms with Crippen LogP contribution in [0.2, 0.25) is 0 Å². The molecule has 0 radical (unpaired) electrons. The Morgan fingerprint density at radius 2 is 2.33 bits per heavy atom. The van der Waals surface area contributed by atoms with Crippen LogP contribution in [-0.2, 0) is 6.54 Å². The molecule has 1 aromatic carbocycles. The van der Waals surface area contributed by atoms with Crippen LogP contribution in [0.15, 0.2) is 30.7 Å². The van der Waals surface area contributed by atoms with Crippen LogP contribution >= 0.6 is 0 Å². The standard InChI is InChI=1S/C11H12FN3/c1-8-2-3-10(12)11(4-8)14-6-9-5-13-7-15-9/h2-5,7,14H,6H2,1H3,(H,13,15). The first-order valence-corrected chi connectivity index (χ1v) is 4.73. The Balaban J connectivity index is 2.07. The molecule has 0 bridgehead atoms. The van der Waals surface area contributed by atoms with Crippen molar-refractivity contribution in [3.8, 4) is 0 Å². The fourth-order valence-electron chi connectivity index (χ4n) is 1.35. The molecule has 0 saturated carbocycles. The lowest BCUT2D eigenvalue weighted by atomic mass is 10.2. The minimum absolute atomic E-state index is 0.236. The van der Waals surface area contributed by atoms with Crippen molar-refractivity contribution >= 4 is 5.69 Å². The molecule has 1 aromatic heterocycles. The summed E-state index contributed by atoms with van der Waals surface area (Å²) >= 11 is 0. The number of halogens is 1. The van der Waals surface area contributed by atoms with Gasteiger partial charge in [0.2, 0.25) is 0 Å². The molecule has 0 fully saturated rings. The van der Waals surface area contributed by atoms with Crippen LogP contribution < -0.4 is 5.32 Å². The number of anilines is 1. The second-order valence-corrected chi connectivity index (χ2v) is 3.41. The van der Waals surface area contributed by atoms with E-state index in [2.05, 4.69) is 15.3 Å². The first-order valence-electron chi connectivity index (χ1n) is 4.73. The molecule has 0 spiro atoms. The number of nitrogens with one attached hydrogen (secondary N) is 2. The van der Waals surface area contributed by atoms with E-state index < -0.39 is 0 Å². The molecule has 1 heterocycles. The first kappa shape index (κ1) is 9.71. The maximum absolute atomic E-state index is 13.3. The highest BCUT2D eigenvalue weighted by Gasteiger charge is 2.01. The lowest BCUT2D eigenvalue weighted by Crippen LogP contribution is -2.01. The molecule has 0 amide bonds. The number of nitrogens with zero attached hydrogens (tertiary/aromatic N) is 1. The van der Waals surface area contributed by atoms with E-state index in [1.165, 1.54) is 6.07 Å². The third-order valence-electron chi connectivity index (χ3n) is 2.15. The number of rotatable bonds is 3. The minimum atomic E-state index is -0.236. The van der Waals surface area contributed by atoms with Crippen LogP contribution in [0.25, 0.3) is 0 Å². The van der Waals surface area contributed by atoms with Crippen molar-refractivity contribution in [2.75, 3.05) is 5.32 Å². The number of aryl methyl sites for hydroxylation is 1. The van der Waals surface area contributed by atoms with Gasteiger partial charge in [0.1, 0.15) is 5.82 Å². The number of hydrogen-bond donors (Lipinski definition) is 2. The summed E-state index contributed by atoms with van der Waals surface area (Å²) in [6.45, 7) is 2.47. The van der Waals surface area contributed by atoms with Crippen LogP contribution in [0.1, 0.15) is 11.3 Å². The van der Waals surface area contributed by atoms with E-state index >= 15 is 0 Å². The van der Waals surface area contributed by atoms with Gasteiger partial charge in [-0.3, -0.25) is 0 Å². The molecule has 78 valence electrons. The molecule has 0 aliphatic rings. The SMILES string of the molecule is Cc1ccc(F)c(NCc2cnc[nH]2)c1. The normalized spacial score (nSPS) is 10.3. The molecule has 0 unspecified atom stereocenters. The first-order chi connectivity index (χ1) is 7.25. The van der Waals surface area contributed by atoms with Crippen LogP contribution in [0.4, 0.5) is 10.1 Å². The van der Waals surface area contributed by atoms with Gasteiger partial charge < -0.3 is 10.3 Å². The van der Waals surface area contributed by atoms with Gasteiger partial charge in [-0.1, -0.05) is 6.07 Å². The average Bonchev–Trinajstić information content (AvgIpc) is 2.72. The second-order valence-electron chi connectivity index (χ2n) is 3.41. The molecule has 4 heteroatoms.